The summed E-state index contributed by atoms with van der Waals surface area (Å²) in [6.45, 7) is 4.00. The number of urea groups is 1. The van der Waals surface area contributed by atoms with E-state index in [4.69, 9.17) is 11.5 Å². The lowest BCUT2D eigenvalue weighted by Crippen LogP contribution is -2.19. The molecule has 158 valence electrons. The number of carbonyl (C=O) groups excluding carboxylic acids is 2. The van der Waals surface area contributed by atoms with E-state index in [1.165, 1.54) is 6.33 Å². The number of hydrogen-bond donors (Lipinski definition) is 4. The molecule has 1 aromatic carbocycles. The number of nitrogens with zero attached hydrogens (tertiary/aromatic N) is 3. The van der Waals surface area contributed by atoms with Crippen LogP contribution in [-0.4, -0.2) is 26.9 Å². The third kappa shape index (κ3) is 4.75. The molecule has 0 saturated heterocycles. The highest BCUT2D eigenvalue weighted by Gasteiger charge is 2.19. The van der Waals surface area contributed by atoms with Gasteiger partial charge in [-0.3, -0.25) is 9.78 Å². The van der Waals surface area contributed by atoms with Gasteiger partial charge < -0.3 is 22.1 Å². The van der Waals surface area contributed by atoms with Crippen molar-refractivity contribution >= 4 is 50.6 Å². The molecule has 0 saturated carbocycles. The van der Waals surface area contributed by atoms with Crippen LogP contribution in [0.25, 0.3) is 21.5 Å². The summed E-state index contributed by atoms with van der Waals surface area (Å²) in [5.41, 5.74) is 14.2. The Morgan fingerprint density at radius 3 is 2.48 bits per heavy atom. The molecule has 3 heterocycles. The van der Waals surface area contributed by atoms with E-state index in [-0.39, 0.29) is 10.6 Å². The summed E-state index contributed by atoms with van der Waals surface area (Å²) < 4.78 is 0. The van der Waals surface area contributed by atoms with Gasteiger partial charge in [-0.15, -0.1) is 11.3 Å². The quantitative estimate of drug-likeness (QED) is 0.379. The highest BCUT2D eigenvalue weighted by atomic mass is 32.1. The molecule has 10 heteroatoms. The van der Waals surface area contributed by atoms with Gasteiger partial charge in [0.15, 0.2) is 0 Å². The van der Waals surface area contributed by atoms with Crippen LogP contribution in [0.5, 0.6) is 0 Å². The summed E-state index contributed by atoms with van der Waals surface area (Å²) in [4.78, 5) is 37.1. The van der Waals surface area contributed by atoms with Crippen LogP contribution in [0.4, 0.5) is 21.9 Å². The number of benzene rings is 1. The van der Waals surface area contributed by atoms with Gasteiger partial charge in [-0.2, -0.15) is 0 Å². The first-order chi connectivity index (χ1) is 15.0. The van der Waals surface area contributed by atoms with Gasteiger partial charge in [0.2, 0.25) is 0 Å². The van der Waals surface area contributed by atoms with Crippen LogP contribution >= 0.6 is 11.3 Å². The molecule has 0 radical (unpaired) electrons. The highest BCUT2D eigenvalue weighted by Crippen LogP contribution is 2.37. The molecular formula is C21H21N7O2S. The van der Waals surface area contributed by atoms with Crippen molar-refractivity contribution in [1.29, 1.82) is 0 Å². The fraction of sp³-hybridized carbons (Fsp3) is 0.0952. The Morgan fingerprint density at radius 2 is 1.77 bits per heavy atom. The fourth-order valence-corrected chi connectivity index (χ4v) is 3.75. The molecule has 3 amide bonds. The van der Waals surface area contributed by atoms with Gasteiger partial charge in [0.1, 0.15) is 16.0 Å². The summed E-state index contributed by atoms with van der Waals surface area (Å²) in [7, 11) is 0. The normalized spacial score (nSPS) is 10.1. The number of rotatable bonds is 4. The standard InChI is InChI=1S/C19H15N7O2S.C2H6/c20-14-13-15(23-9-24-18(13)29-16(14)17(21)27)10-3-1-4-11(7-10)25-19(28)26-12-5-2-6-22-8-12;1-2/h1-9H,20H2,(H2,21,27)(H2,25,26,28);1-2H3. The van der Waals surface area contributed by atoms with E-state index in [0.717, 1.165) is 11.3 Å². The smallest absolute Gasteiger partial charge is 0.323 e. The Labute approximate surface area is 182 Å². The minimum absolute atomic E-state index is 0.242. The third-order valence-corrected chi connectivity index (χ3v) is 5.19. The minimum atomic E-state index is -0.612. The fourth-order valence-electron chi connectivity index (χ4n) is 2.83. The molecule has 0 bridgehead atoms. The number of thiophene rings is 1. The number of nitrogens with one attached hydrogen (secondary N) is 2. The van der Waals surface area contributed by atoms with Crippen LogP contribution in [0.15, 0.2) is 55.1 Å². The third-order valence-electron chi connectivity index (χ3n) is 4.06. The number of nitrogen functional groups attached to an aromatic ring is 1. The average molecular weight is 436 g/mol. The highest BCUT2D eigenvalue weighted by molar-refractivity contribution is 7.21. The molecule has 4 rings (SSSR count). The van der Waals surface area contributed by atoms with Gasteiger partial charge in [0, 0.05) is 17.4 Å². The molecule has 9 nitrogen and oxygen atoms in total. The average Bonchev–Trinajstić information content (AvgIpc) is 3.13. The molecule has 0 aliphatic heterocycles. The molecule has 0 atom stereocenters. The lowest BCUT2D eigenvalue weighted by atomic mass is 10.1. The maximum absolute atomic E-state index is 12.2. The second-order valence-electron chi connectivity index (χ2n) is 6.01. The van der Waals surface area contributed by atoms with Crippen molar-refractivity contribution in [2.75, 3.05) is 16.4 Å². The zero-order valence-electron chi connectivity index (χ0n) is 16.9. The van der Waals surface area contributed by atoms with Gasteiger partial charge in [0.05, 0.1) is 28.7 Å². The molecule has 3 aromatic heterocycles. The maximum atomic E-state index is 12.2. The molecule has 31 heavy (non-hydrogen) atoms. The van der Waals surface area contributed by atoms with Gasteiger partial charge in [0.25, 0.3) is 5.91 Å². The van der Waals surface area contributed by atoms with Crippen molar-refractivity contribution in [3.8, 4) is 11.3 Å². The second kappa shape index (κ2) is 9.63. The largest absolute Gasteiger partial charge is 0.397 e. The van der Waals surface area contributed by atoms with Crippen molar-refractivity contribution in [3.63, 3.8) is 0 Å². The van der Waals surface area contributed by atoms with Crippen molar-refractivity contribution in [2.45, 2.75) is 13.8 Å². The molecular weight excluding hydrogens is 414 g/mol. The Bertz CT molecular complexity index is 1230. The molecule has 0 aliphatic rings. The summed E-state index contributed by atoms with van der Waals surface area (Å²) >= 11 is 1.12. The molecule has 6 N–H and O–H groups in total. The van der Waals surface area contributed by atoms with Crippen molar-refractivity contribution in [1.82, 2.24) is 15.0 Å². The molecule has 0 unspecified atom stereocenters. The summed E-state index contributed by atoms with van der Waals surface area (Å²) in [5, 5.41) is 6.02. The first-order valence-electron chi connectivity index (χ1n) is 9.44. The zero-order valence-corrected chi connectivity index (χ0v) is 17.7. The second-order valence-corrected chi connectivity index (χ2v) is 7.01. The number of pyridine rings is 1. The molecule has 0 fully saturated rings. The minimum Gasteiger partial charge on any atom is -0.397 e. The Balaban J connectivity index is 0.00000132. The summed E-state index contributed by atoms with van der Waals surface area (Å²) in [6, 6.07) is 10.2. The number of anilines is 3. The van der Waals surface area contributed by atoms with Crippen LogP contribution in [0, 0.1) is 0 Å². The number of nitrogens with two attached hydrogens (primary N) is 2. The summed E-state index contributed by atoms with van der Waals surface area (Å²) in [6.07, 6.45) is 4.56. The lowest BCUT2D eigenvalue weighted by molar-refractivity contribution is 0.100. The van der Waals surface area contributed by atoms with E-state index < -0.39 is 11.9 Å². The van der Waals surface area contributed by atoms with E-state index >= 15 is 0 Å². The predicted molar refractivity (Wildman–Crippen MR) is 124 cm³/mol. The van der Waals surface area contributed by atoms with Crippen molar-refractivity contribution in [2.24, 2.45) is 5.73 Å². The van der Waals surface area contributed by atoms with E-state index in [2.05, 4.69) is 25.6 Å². The van der Waals surface area contributed by atoms with Crippen LogP contribution in [-0.2, 0) is 0 Å². The van der Waals surface area contributed by atoms with Gasteiger partial charge in [-0.1, -0.05) is 26.0 Å². The number of amides is 3. The van der Waals surface area contributed by atoms with Gasteiger partial charge >= 0.3 is 6.03 Å². The Kier molecular flexibility index (Phi) is 6.73. The summed E-state index contributed by atoms with van der Waals surface area (Å²) in [5.74, 6) is -0.612. The number of hydrogen-bond acceptors (Lipinski definition) is 7. The SMILES string of the molecule is CC.NC(=O)c1sc2ncnc(-c3cccc(NC(=O)Nc4cccnc4)c3)c2c1N. The molecule has 0 aliphatic carbocycles. The van der Waals surface area contributed by atoms with Crippen LogP contribution in [0.2, 0.25) is 0 Å². The zero-order chi connectivity index (χ0) is 22.4. The first-order valence-corrected chi connectivity index (χ1v) is 10.3. The van der Waals surface area contributed by atoms with Gasteiger partial charge in [-0.05, 0) is 24.3 Å². The molecule has 4 aromatic rings. The van der Waals surface area contributed by atoms with Crippen LogP contribution in [0.1, 0.15) is 23.5 Å². The van der Waals surface area contributed by atoms with Crippen molar-refractivity contribution in [3.05, 3.63) is 60.0 Å². The Hall–Kier alpha value is -4.05. The van der Waals surface area contributed by atoms with E-state index in [0.29, 0.717) is 32.8 Å². The van der Waals surface area contributed by atoms with E-state index in [9.17, 15) is 9.59 Å². The van der Waals surface area contributed by atoms with Crippen LogP contribution < -0.4 is 22.1 Å². The van der Waals surface area contributed by atoms with E-state index in [1.807, 2.05) is 19.9 Å². The number of fused-ring (bicyclic) bond motifs is 1. The lowest BCUT2D eigenvalue weighted by Gasteiger charge is -2.09. The number of carbonyl (C=O) groups is 2. The number of primary amides is 1. The maximum Gasteiger partial charge on any atom is 0.323 e. The Morgan fingerprint density at radius 1 is 1.03 bits per heavy atom. The first kappa shape index (κ1) is 21.7. The van der Waals surface area contributed by atoms with E-state index in [1.54, 1.807) is 42.7 Å². The van der Waals surface area contributed by atoms with Crippen LogP contribution in [0.3, 0.4) is 0 Å². The van der Waals surface area contributed by atoms with Gasteiger partial charge in [-0.25, -0.2) is 14.8 Å². The van der Waals surface area contributed by atoms with Crippen molar-refractivity contribution < 1.29 is 9.59 Å². The number of aromatic nitrogens is 3. The predicted octanol–water partition coefficient (Wildman–Crippen LogP) is 4.10. The topological polar surface area (TPSA) is 149 Å². The monoisotopic (exact) mass is 435 g/mol. The molecule has 0 spiro atoms.